The molecule has 16 heavy (non-hydrogen) atoms. The zero-order chi connectivity index (χ0) is 11.4. The van der Waals surface area contributed by atoms with E-state index in [0.717, 1.165) is 0 Å². The Morgan fingerprint density at radius 3 is 2.44 bits per heavy atom. The van der Waals surface area contributed by atoms with Gasteiger partial charge in [0.15, 0.2) is 0 Å². The molecule has 0 aliphatic carbocycles. The molecule has 0 fully saturated rings. The standard InChI is InChI=1S/C14H15NS/c1-15(2)14(10-12-8-9-16-11-12)13-6-4-3-5-7-13/h3-11H,1-2H3. The first-order valence-corrected chi connectivity index (χ1v) is 6.18. The molecule has 0 bridgehead atoms. The van der Waals surface area contributed by atoms with Gasteiger partial charge < -0.3 is 4.90 Å². The first-order chi connectivity index (χ1) is 7.77. The Labute approximate surface area is 101 Å². The normalized spacial score (nSPS) is 11.5. The molecule has 1 aromatic carbocycles. The number of hydrogen-bond acceptors (Lipinski definition) is 2. The van der Waals surface area contributed by atoms with Gasteiger partial charge in [0.2, 0.25) is 0 Å². The van der Waals surface area contributed by atoms with Gasteiger partial charge in [-0.15, -0.1) is 0 Å². The fourth-order valence-electron chi connectivity index (χ4n) is 1.59. The molecular formula is C14H15NS. The highest BCUT2D eigenvalue weighted by Crippen LogP contribution is 2.20. The van der Waals surface area contributed by atoms with E-state index in [1.807, 2.05) is 6.07 Å². The summed E-state index contributed by atoms with van der Waals surface area (Å²) in [7, 11) is 4.15. The summed E-state index contributed by atoms with van der Waals surface area (Å²) in [5, 5.41) is 4.26. The minimum atomic E-state index is 1.24. The summed E-state index contributed by atoms with van der Waals surface area (Å²) in [6.07, 6.45) is 2.21. The van der Waals surface area contributed by atoms with Crippen LogP contribution in [0.5, 0.6) is 0 Å². The van der Waals surface area contributed by atoms with Crippen LogP contribution in [0.15, 0.2) is 47.2 Å². The molecule has 2 rings (SSSR count). The van der Waals surface area contributed by atoms with E-state index in [1.54, 1.807) is 11.3 Å². The van der Waals surface area contributed by atoms with Crippen LogP contribution < -0.4 is 0 Å². The number of nitrogens with zero attached hydrogens (tertiary/aromatic N) is 1. The van der Waals surface area contributed by atoms with Gasteiger partial charge in [0, 0.05) is 19.8 Å². The monoisotopic (exact) mass is 229 g/mol. The van der Waals surface area contributed by atoms with Crippen molar-refractivity contribution in [2.24, 2.45) is 0 Å². The van der Waals surface area contributed by atoms with Gasteiger partial charge >= 0.3 is 0 Å². The number of benzene rings is 1. The third kappa shape index (κ3) is 2.52. The fraction of sp³-hybridized carbons (Fsp3) is 0.143. The maximum atomic E-state index is 2.21. The highest BCUT2D eigenvalue weighted by Gasteiger charge is 2.03. The van der Waals surface area contributed by atoms with Crippen molar-refractivity contribution < 1.29 is 0 Å². The number of hydrogen-bond donors (Lipinski definition) is 0. The van der Waals surface area contributed by atoms with Gasteiger partial charge in [0.25, 0.3) is 0 Å². The van der Waals surface area contributed by atoms with Crippen LogP contribution in [-0.2, 0) is 0 Å². The van der Waals surface area contributed by atoms with Crippen LogP contribution in [0.2, 0.25) is 0 Å². The lowest BCUT2D eigenvalue weighted by molar-refractivity contribution is 0.595. The molecule has 2 heteroatoms. The molecule has 0 saturated carbocycles. The van der Waals surface area contributed by atoms with E-state index < -0.39 is 0 Å². The SMILES string of the molecule is CN(C)C(=Cc1ccsc1)c1ccccc1. The van der Waals surface area contributed by atoms with E-state index in [9.17, 15) is 0 Å². The summed E-state index contributed by atoms with van der Waals surface area (Å²) >= 11 is 1.73. The average Bonchev–Trinajstić information content (AvgIpc) is 2.79. The van der Waals surface area contributed by atoms with Crippen molar-refractivity contribution in [1.29, 1.82) is 0 Å². The van der Waals surface area contributed by atoms with E-state index >= 15 is 0 Å². The Morgan fingerprint density at radius 2 is 1.88 bits per heavy atom. The van der Waals surface area contributed by atoms with Crippen molar-refractivity contribution in [2.75, 3.05) is 14.1 Å². The molecule has 0 unspecified atom stereocenters. The summed E-state index contributed by atoms with van der Waals surface area (Å²) in [4.78, 5) is 2.15. The molecule has 0 aliphatic rings. The van der Waals surface area contributed by atoms with Crippen LogP contribution in [-0.4, -0.2) is 19.0 Å². The molecule has 2 aromatic rings. The fourth-order valence-corrected chi connectivity index (χ4v) is 2.21. The van der Waals surface area contributed by atoms with E-state index in [0.29, 0.717) is 0 Å². The molecule has 1 heterocycles. The second-order valence-corrected chi connectivity index (χ2v) is 4.63. The summed E-state index contributed by atoms with van der Waals surface area (Å²) in [6.45, 7) is 0. The smallest absolute Gasteiger partial charge is 0.0440 e. The summed E-state index contributed by atoms with van der Waals surface area (Å²) in [6, 6.07) is 12.6. The molecule has 0 saturated heterocycles. The zero-order valence-electron chi connectivity index (χ0n) is 9.55. The second kappa shape index (κ2) is 4.99. The second-order valence-electron chi connectivity index (χ2n) is 3.85. The van der Waals surface area contributed by atoms with E-state index in [-0.39, 0.29) is 0 Å². The Balaban J connectivity index is 2.39. The topological polar surface area (TPSA) is 3.24 Å². The minimum Gasteiger partial charge on any atom is -0.377 e. The lowest BCUT2D eigenvalue weighted by Crippen LogP contribution is -2.09. The Kier molecular flexibility index (Phi) is 3.42. The molecule has 0 amide bonds. The van der Waals surface area contributed by atoms with Crippen molar-refractivity contribution in [3.05, 3.63) is 58.3 Å². The Hall–Kier alpha value is -1.54. The van der Waals surface area contributed by atoms with Crippen molar-refractivity contribution in [3.8, 4) is 0 Å². The molecular weight excluding hydrogens is 214 g/mol. The molecule has 0 aliphatic heterocycles. The van der Waals surface area contributed by atoms with Gasteiger partial charge in [-0.05, 0) is 34.0 Å². The first kappa shape index (κ1) is 11.0. The minimum absolute atomic E-state index is 1.24. The third-order valence-corrected chi connectivity index (χ3v) is 3.10. The Morgan fingerprint density at radius 1 is 1.12 bits per heavy atom. The van der Waals surface area contributed by atoms with Crippen LogP contribution in [0.3, 0.4) is 0 Å². The predicted octanol–water partition coefficient (Wildman–Crippen LogP) is 3.81. The molecule has 0 N–H and O–H groups in total. The van der Waals surface area contributed by atoms with E-state index in [2.05, 4.69) is 66.2 Å². The Bertz CT molecular complexity index is 455. The highest BCUT2D eigenvalue weighted by molar-refractivity contribution is 7.08. The lowest BCUT2D eigenvalue weighted by Gasteiger charge is -2.17. The maximum absolute atomic E-state index is 2.21. The van der Waals surface area contributed by atoms with Crippen LogP contribution >= 0.6 is 11.3 Å². The zero-order valence-corrected chi connectivity index (χ0v) is 10.4. The first-order valence-electron chi connectivity index (χ1n) is 5.24. The van der Waals surface area contributed by atoms with Crippen molar-refractivity contribution in [3.63, 3.8) is 0 Å². The van der Waals surface area contributed by atoms with Crippen molar-refractivity contribution in [1.82, 2.24) is 4.90 Å². The average molecular weight is 229 g/mol. The van der Waals surface area contributed by atoms with Crippen LogP contribution in [0.4, 0.5) is 0 Å². The molecule has 0 radical (unpaired) electrons. The van der Waals surface area contributed by atoms with Crippen LogP contribution in [0.1, 0.15) is 11.1 Å². The molecule has 82 valence electrons. The van der Waals surface area contributed by atoms with Gasteiger partial charge in [0.1, 0.15) is 0 Å². The van der Waals surface area contributed by atoms with Gasteiger partial charge in [-0.3, -0.25) is 0 Å². The summed E-state index contributed by atoms with van der Waals surface area (Å²) in [5.41, 5.74) is 3.75. The van der Waals surface area contributed by atoms with E-state index in [1.165, 1.54) is 16.8 Å². The largest absolute Gasteiger partial charge is 0.377 e. The third-order valence-electron chi connectivity index (χ3n) is 2.40. The van der Waals surface area contributed by atoms with Gasteiger partial charge in [-0.25, -0.2) is 0 Å². The van der Waals surface area contributed by atoms with Crippen LogP contribution in [0.25, 0.3) is 11.8 Å². The summed E-state index contributed by atoms with van der Waals surface area (Å²) < 4.78 is 0. The van der Waals surface area contributed by atoms with Gasteiger partial charge in [0.05, 0.1) is 0 Å². The summed E-state index contributed by atoms with van der Waals surface area (Å²) in [5.74, 6) is 0. The van der Waals surface area contributed by atoms with E-state index in [4.69, 9.17) is 0 Å². The highest BCUT2D eigenvalue weighted by atomic mass is 32.1. The quantitative estimate of drug-likeness (QED) is 0.773. The molecule has 0 atom stereocenters. The molecule has 1 nitrogen and oxygen atoms in total. The van der Waals surface area contributed by atoms with Crippen molar-refractivity contribution in [2.45, 2.75) is 0 Å². The van der Waals surface area contributed by atoms with Crippen molar-refractivity contribution >= 4 is 23.1 Å². The predicted molar refractivity (Wildman–Crippen MR) is 72.3 cm³/mol. The van der Waals surface area contributed by atoms with Gasteiger partial charge in [-0.2, -0.15) is 11.3 Å². The van der Waals surface area contributed by atoms with Gasteiger partial charge in [-0.1, -0.05) is 30.3 Å². The molecule has 0 spiro atoms. The molecule has 1 aromatic heterocycles. The van der Waals surface area contributed by atoms with Crippen LogP contribution in [0, 0.1) is 0 Å². The number of thiophene rings is 1. The number of rotatable bonds is 3. The maximum Gasteiger partial charge on any atom is 0.0440 e. The lowest BCUT2D eigenvalue weighted by atomic mass is 10.1.